The number of fused-ring (bicyclic) bond motifs is 3. The maximum Gasteiger partial charge on any atom is 0.161 e. The molecule has 0 spiro atoms. The lowest BCUT2D eigenvalue weighted by atomic mass is 9.82. The molecule has 2 aliphatic heterocycles. The number of ether oxygens (including phenoxy) is 2. The monoisotopic (exact) mass is 353 g/mol. The van der Waals surface area contributed by atoms with E-state index in [1.54, 1.807) is 14.2 Å². The summed E-state index contributed by atoms with van der Waals surface area (Å²) in [5.74, 6) is 1.32. The Bertz CT molecular complexity index is 847. The Kier molecular flexibility index (Phi) is 4.45. The SMILES string of the molecule is COc1cc2c(cc1OC)[C@@H]1C(F)=C(c3ccccc3)C[C@H](C)N1CC2. The molecule has 0 unspecified atom stereocenters. The highest BCUT2D eigenvalue weighted by Crippen LogP contribution is 2.48. The van der Waals surface area contributed by atoms with Crippen molar-refractivity contribution in [1.82, 2.24) is 4.90 Å². The number of benzene rings is 2. The first-order valence-electron chi connectivity index (χ1n) is 9.08. The molecule has 0 fully saturated rings. The number of hydrogen-bond acceptors (Lipinski definition) is 3. The molecule has 0 bridgehead atoms. The maximum atomic E-state index is 15.7. The van der Waals surface area contributed by atoms with Crippen LogP contribution in [-0.4, -0.2) is 31.7 Å². The standard InChI is InChI=1S/C22H24FNO2/c1-14-11-17(15-7-5-4-6-8-15)21(23)22-18-13-20(26-3)19(25-2)12-16(18)9-10-24(14)22/h4-8,12-14,22H,9-11H2,1-3H3/t14-,22+/m0/s1. The Balaban J connectivity index is 1.87. The third kappa shape index (κ3) is 2.69. The molecular weight excluding hydrogens is 329 g/mol. The van der Waals surface area contributed by atoms with Crippen LogP contribution in [-0.2, 0) is 6.42 Å². The lowest BCUT2D eigenvalue weighted by molar-refractivity contribution is 0.128. The molecule has 0 amide bonds. The lowest BCUT2D eigenvalue weighted by Crippen LogP contribution is -2.44. The molecule has 0 saturated heterocycles. The summed E-state index contributed by atoms with van der Waals surface area (Å²) in [7, 11) is 3.26. The van der Waals surface area contributed by atoms with Gasteiger partial charge in [-0.25, -0.2) is 4.39 Å². The zero-order valence-electron chi connectivity index (χ0n) is 15.5. The van der Waals surface area contributed by atoms with E-state index in [2.05, 4.69) is 11.8 Å². The van der Waals surface area contributed by atoms with E-state index in [1.807, 2.05) is 42.5 Å². The minimum Gasteiger partial charge on any atom is -0.493 e. The van der Waals surface area contributed by atoms with Crippen LogP contribution in [0.25, 0.3) is 5.57 Å². The second-order valence-electron chi connectivity index (χ2n) is 7.04. The predicted molar refractivity (Wildman–Crippen MR) is 101 cm³/mol. The van der Waals surface area contributed by atoms with Crippen molar-refractivity contribution >= 4 is 5.57 Å². The third-order valence-corrected chi connectivity index (χ3v) is 5.63. The Hall–Kier alpha value is -2.33. The van der Waals surface area contributed by atoms with Crippen LogP contribution in [0.15, 0.2) is 48.3 Å². The average Bonchev–Trinajstić information content (AvgIpc) is 2.69. The molecule has 2 heterocycles. The van der Waals surface area contributed by atoms with Gasteiger partial charge in [0.25, 0.3) is 0 Å². The van der Waals surface area contributed by atoms with Gasteiger partial charge in [-0.3, -0.25) is 4.90 Å². The fourth-order valence-electron chi connectivity index (χ4n) is 4.29. The summed E-state index contributed by atoms with van der Waals surface area (Å²) in [6.45, 7) is 3.04. The molecular formula is C22H24FNO2. The summed E-state index contributed by atoms with van der Waals surface area (Å²) in [6.07, 6.45) is 1.62. The maximum absolute atomic E-state index is 15.7. The van der Waals surface area contributed by atoms with Gasteiger partial charge in [-0.05, 0) is 54.2 Å². The summed E-state index contributed by atoms with van der Waals surface area (Å²) in [4.78, 5) is 2.27. The highest BCUT2D eigenvalue weighted by atomic mass is 19.1. The topological polar surface area (TPSA) is 21.7 Å². The van der Waals surface area contributed by atoms with Gasteiger partial charge in [-0.15, -0.1) is 0 Å². The second kappa shape index (κ2) is 6.76. The first-order chi connectivity index (χ1) is 12.6. The van der Waals surface area contributed by atoms with Crippen molar-refractivity contribution in [3.05, 3.63) is 65.0 Å². The van der Waals surface area contributed by atoms with Crippen LogP contribution in [0.5, 0.6) is 11.5 Å². The summed E-state index contributed by atoms with van der Waals surface area (Å²) in [5.41, 5.74) is 3.93. The Morgan fingerprint density at radius 2 is 1.73 bits per heavy atom. The van der Waals surface area contributed by atoms with Crippen molar-refractivity contribution in [3.8, 4) is 11.5 Å². The molecule has 2 aliphatic rings. The number of rotatable bonds is 3. The van der Waals surface area contributed by atoms with E-state index in [9.17, 15) is 0 Å². The molecule has 136 valence electrons. The normalized spacial score (nSPS) is 22.6. The van der Waals surface area contributed by atoms with Gasteiger partial charge >= 0.3 is 0 Å². The molecule has 3 nitrogen and oxygen atoms in total. The highest BCUT2D eigenvalue weighted by Gasteiger charge is 2.39. The van der Waals surface area contributed by atoms with E-state index < -0.39 is 0 Å². The first-order valence-corrected chi connectivity index (χ1v) is 9.08. The van der Waals surface area contributed by atoms with Crippen molar-refractivity contribution in [2.45, 2.75) is 31.8 Å². The molecule has 0 aromatic heterocycles. The lowest BCUT2D eigenvalue weighted by Gasteiger charge is -2.44. The molecule has 26 heavy (non-hydrogen) atoms. The average molecular weight is 353 g/mol. The Labute approximate surface area is 154 Å². The quantitative estimate of drug-likeness (QED) is 0.793. The van der Waals surface area contributed by atoms with Gasteiger partial charge in [-0.2, -0.15) is 0 Å². The van der Waals surface area contributed by atoms with Gasteiger partial charge < -0.3 is 9.47 Å². The zero-order valence-corrected chi connectivity index (χ0v) is 15.5. The van der Waals surface area contributed by atoms with Crippen molar-refractivity contribution in [2.24, 2.45) is 0 Å². The van der Waals surface area contributed by atoms with Gasteiger partial charge in [0.15, 0.2) is 11.5 Å². The van der Waals surface area contributed by atoms with Crippen molar-refractivity contribution in [3.63, 3.8) is 0 Å². The van der Waals surface area contributed by atoms with E-state index >= 15 is 4.39 Å². The van der Waals surface area contributed by atoms with Gasteiger partial charge in [-0.1, -0.05) is 30.3 Å². The number of nitrogens with zero attached hydrogens (tertiary/aromatic N) is 1. The summed E-state index contributed by atoms with van der Waals surface area (Å²) in [6, 6.07) is 13.8. The molecule has 2 atom stereocenters. The van der Waals surface area contributed by atoms with Gasteiger partial charge in [0.05, 0.1) is 20.3 Å². The van der Waals surface area contributed by atoms with E-state index in [1.165, 1.54) is 0 Å². The van der Waals surface area contributed by atoms with E-state index in [0.717, 1.165) is 41.6 Å². The molecule has 0 saturated carbocycles. The van der Waals surface area contributed by atoms with E-state index in [4.69, 9.17) is 9.47 Å². The molecule has 2 aromatic carbocycles. The van der Waals surface area contributed by atoms with Gasteiger partial charge in [0, 0.05) is 12.6 Å². The highest BCUT2D eigenvalue weighted by molar-refractivity contribution is 5.71. The van der Waals surface area contributed by atoms with Crippen LogP contribution in [0.3, 0.4) is 0 Å². The van der Waals surface area contributed by atoms with Crippen LogP contribution in [0, 0.1) is 0 Å². The molecule has 4 rings (SSSR count). The largest absolute Gasteiger partial charge is 0.493 e. The third-order valence-electron chi connectivity index (χ3n) is 5.63. The minimum atomic E-state index is -0.350. The molecule has 0 radical (unpaired) electrons. The van der Waals surface area contributed by atoms with E-state index in [0.29, 0.717) is 11.5 Å². The first kappa shape index (κ1) is 17.1. The minimum absolute atomic E-state index is 0.0394. The van der Waals surface area contributed by atoms with Crippen molar-refractivity contribution < 1.29 is 13.9 Å². The van der Waals surface area contributed by atoms with Gasteiger partial charge in [0.2, 0.25) is 0 Å². The molecule has 4 heteroatoms. The van der Waals surface area contributed by atoms with Crippen LogP contribution in [0.2, 0.25) is 0 Å². The number of halogens is 1. The van der Waals surface area contributed by atoms with E-state index in [-0.39, 0.29) is 17.9 Å². The van der Waals surface area contributed by atoms with Crippen molar-refractivity contribution in [1.29, 1.82) is 0 Å². The molecule has 0 aliphatic carbocycles. The van der Waals surface area contributed by atoms with Crippen molar-refractivity contribution in [2.75, 3.05) is 20.8 Å². The Morgan fingerprint density at radius 3 is 2.42 bits per heavy atom. The molecule has 0 N–H and O–H groups in total. The summed E-state index contributed by atoms with van der Waals surface area (Å²) >= 11 is 0. The second-order valence-corrected chi connectivity index (χ2v) is 7.04. The Morgan fingerprint density at radius 1 is 1.04 bits per heavy atom. The smallest absolute Gasteiger partial charge is 0.161 e. The van der Waals surface area contributed by atoms with Gasteiger partial charge in [0.1, 0.15) is 5.83 Å². The van der Waals surface area contributed by atoms with Crippen LogP contribution in [0.1, 0.15) is 36.1 Å². The molecule has 2 aromatic rings. The fourth-order valence-corrected chi connectivity index (χ4v) is 4.29. The summed E-state index contributed by atoms with van der Waals surface area (Å²) in [5, 5.41) is 0. The van der Waals surface area contributed by atoms with Crippen LogP contribution < -0.4 is 9.47 Å². The van der Waals surface area contributed by atoms with Crippen LogP contribution >= 0.6 is 0 Å². The number of methoxy groups -OCH3 is 2. The fraction of sp³-hybridized carbons (Fsp3) is 0.364. The number of hydrogen-bond donors (Lipinski definition) is 0. The predicted octanol–water partition coefficient (Wildman–Crippen LogP) is 4.78. The summed E-state index contributed by atoms with van der Waals surface area (Å²) < 4.78 is 26.6. The van der Waals surface area contributed by atoms with Crippen LogP contribution in [0.4, 0.5) is 4.39 Å². The zero-order chi connectivity index (χ0) is 18.3.